The van der Waals surface area contributed by atoms with Crippen molar-refractivity contribution in [2.45, 2.75) is 50.8 Å². The first kappa shape index (κ1) is 13.5. The van der Waals surface area contributed by atoms with Crippen molar-refractivity contribution in [3.63, 3.8) is 0 Å². The van der Waals surface area contributed by atoms with E-state index in [0.717, 1.165) is 31.4 Å². The van der Waals surface area contributed by atoms with E-state index in [2.05, 4.69) is 4.90 Å². The summed E-state index contributed by atoms with van der Waals surface area (Å²) in [6.07, 6.45) is 3.07. The SMILES string of the molecule is CC[C@@H]1OC(=O)N2c3cc(F)c4c(c3C[C@@H]12)OCC1CCCN41. The van der Waals surface area contributed by atoms with Gasteiger partial charge >= 0.3 is 6.09 Å². The summed E-state index contributed by atoms with van der Waals surface area (Å²) in [7, 11) is 0. The Labute approximate surface area is 133 Å². The van der Waals surface area contributed by atoms with E-state index in [9.17, 15) is 9.18 Å². The molecule has 0 bridgehead atoms. The minimum atomic E-state index is -0.366. The van der Waals surface area contributed by atoms with E-state index >= 15 is 0 Å². The Hall–Kier alpha value is -1.98. The van der Waals surface area contributed by atoms with Crippen LogP contribution in [0.15, 0.2) is 6.07 Å². The number of hydrogen-bond acceptors (Lipinski definition) is 4. The van der Waals surface area contributed by atoms with Gasteiger partial charge in [-0.25, -0.2) is 9.18 Å². The summed E-state index contributed by atoms with van der Waals surface area (Å²) < 4.78 is 26.2. The number of ether oxygens (including phenoxy) is 2. The molecule has 3 atom stereocenters. The topological polar surface area (TPSA) is 42.0 Å². The highest BCUT2D eigenvalue weighted by Gasteiger charge is 2.49. The van der Waals surface area contributed by atoms with E-state index in [0.29, 0.717) is 30.2 Å². The van der Waals surface area contributed by atoms with E-state index in [-0.39, 0.29) is 30.1 Å². The molecule has 1 amide bonds. The summed E-state index contributed by atoms with van der Waals surface area (Å²) in [6.45, 7) is 3.49. The molecule has 0 aliphatic carbocycles. The molecule has 5 nitrogen and oxygen atoms in total. The predicted molar refractivity (Wildman–Crippen MR) is 82.8 cm³/mol. The second-order valence-corrected chi connectivity index (χ2v) is 6.81. The molecule has 122 valence electrons. The molecule has 2 saturated heterocycles. The van der Waals surface area contributed by atoms with Crippen molar-refractivity contribution >= 4 is 17.5 Å². The molecule has 4 aliphatic rings. The Kier molecular flexibility index (Phi) is 2.65. The molecule has 0 saturated carbocycles. The van der Waals surface area contributed by atoms with Crippen molar-refractivity contribution in [3.05, 3.63) is 17.4 Å². The van der Waals surface area contributed by atoms with Gasteiger partial charge in [-0.2, -0.15) is 0 Å². The smallest absolute Gasteiger partial charge is 0.415 e. The molecule has 4 aliphatic heterocycles. The quantitative estimate of drug-likeness (QED) is 0.798. The van der Waals surface area contributed by atoms with Gasteiger partial charge in [0.05, 0.1) is 17.8 Å². The lowest BCUT2D eigenvalue weighted by Gasteiger charge is -2.35. The fourth-order valence-electron chi connectivity index (χ4n) is 4.59. The number of amides is 1. The van der Waals surface area contributed by atoms with Gasteiger partial charge < -0.3 is 14.4 Å². The summed E-state index contributed by atoms with van der Waals surface area (Å²) in [4.78, 5) is 15.9. The number of halogens is 1. The van der Waals surface area contributed by atoms with Crippen LogP contribution in [0.3, 0.4) is 0 Å². The first-order chi connectivity index (χ1) is 11.2. The molecule has 6 heteroatoms. The summed E-state index contributed by atoms with van der Waals surface area (Å²) in [6, 6.07) is 1.75. The molecule has 2 fully saturated rings. The van der Waals surface area contributed by atoms with Gasteiger partial charge in [0.25, 0.3) is 0 Å². The maximum atomic E-state index is 14.8. The fraction of sp³-hybridized carbons (Fsp3) is 0.588. The van der Waals surface area contributed by atoms with E-state index in [4.69, 9.17) is 9.47 Å². The molecular formula is C17H19FN2O3. The molecule has 0 spiro atoms. The second-order valence-electron chi connectivity index (χ2n) is 6.81. The Morgan fingerprint density at radius 2 is 2.30 bits per heavy atom. The monoisotopic (exact) mass is 318 g/mol. The number of rotatable bonds is 1. The van der Waals surface area contributed by atoms with Crippen LogP contribution < -0.4 is 14.5 Å². The molecule has 23 heavy (non-hydrogen) atoms. The molecule has 1 unspecified atom stereocenters. The van der Waals surface area contributed by atoms with Crippen molar-refractivity contribution < 1.29 is 18.7 Å². The van der Waals surface area contributed by atoms with Gasteiger partial charge in [0.15, 0.2) is 11.6 Å². The maximum Gasteiger partial charge on any atom is 0.415 e. The highest BCUT2D eigenvalue weighted by atomic mass is 19.1. The standard InChI is InChI=1S/C17H19FN2O3/c1-2-14-13-6-10-12(20(13)17(21)23-14)7-11(18)15-16(10)22-8-9-4-3-5-19(9)15/h7,9,13-14H,2-6,8H2,1H3/t9?,13-,14-/m0/s1. The van der Waals surface area contributed by atoms with Gasteiger partial charge in [0.2, 0.25) is 0 Å². The first-order valence-electron chi connectivity index (χ1n) is 8.43. The summed E-state index contributed by atoms with van der Waals surface area (Å²) >= 11 is 0. The van der Waals surface area contributed by atoms with Crippen LogP contribution in [0.4, 0.5) is 20.6 Å². The van der Waals surface area contributed by atoms with Crippen molar-refractivity contribution in [1.29, 1.82) is 0 Å². The first-order valence-corrected chi connectivity index (χ1v) is 8.43. The van der Waals surface area contributed by atoms with Crippen LogP contribution >= 0.6 is 0 Å². The number of anilines is 2. The Bertz CT molecular complexity index is 708. The number of carbonyl (C=O) groups is 1. The van der Waals surface area contributed by atoms with E-state index in [1.54, 1.807) is 4.90 Å². The lowest BCUT2D eigenvalue weighted by molar-refractivity contribution is 0.129. The van der Waals surface area contributed by atoms with Gasteiger partial charge in [-0.05, 0) is 19.3 Å². The summed E-state index contributed by atoms with van der Waals surface area (Å²) in [5.74, 6) is 0.356. The van der Waals surface area contributed by atoms with Crippen molar-refractivity contribution in [2.24, 2.45) is 0 Å². The van der Waals surface area contributed by atoms with Crippen LogP contribution in [0, 0.1) is 5.82 Å². The predicted octanol–water partition coefficient (Wildman–Crippen LogP) is 2.85. The van der Waals surface area contributed by atoms with Crippen LogP contribution in [0.2, 0.25) is 0 Å². The van der Waals surface area contributed by atoms with Crippen LogP contribution in [-0.2, 0) is 11.2 Å². The number of carbonyl (C=O) groups excluding carboxylic acids is 1. The van der Waals surface area contributed by atoms with Gasteiger partial charge in [-0.15, -0.1) is 0 Å². The number of cyclic esters (lactones) is 1. The number of fused-ring (bicyclic) bond motifs is 7. The highest BCUT2D eigenvalue weighted by Crippen LogP contribution is 2.51. The van der Waals surface area contributed by atoms with E-state index in [1.807, 2.05) is 6.92 Å². The van der Waals surface area contributed by atoms with Gasteiger partial charge in [0.1, 0.15) is 18.4 Å². The highest BCUT2D eigenvalue weighted by molar-refractivity contribution is 5.95. The van der Waals surface area contributed by atoms with Gasteiger partial charge in [0, 0.05) is 24.6 Å². The molecule has 0 aromatic heterocycles. The fourth-order valence-corrected chi connectivity index (χ4v) is 4.59. The Morgan fingerprint density at radius 1 is 1.43 bits per heavy atom. The van der Waals surface area contributed by atoms with Gasteiger partial charge in [-0.3, -0.25) is 4.90 Å². The number of nitrogens with zero attached hydrogens (tertiary/aromatic N) is 2. The summed E-state index contributed by atoms with van der Waals surface area (Å²) in [5.41, 5.74) is 2.19. The normalized spacial score (nSPS) is 30.5. The third kappa shape index (κ3) is 1.64. The lowest BCUT2D eigenvalue weighted by atomic mass is 10.0. The second kappa shape index (κ2) is 4.52. The Morgan fingerprint density at radius 3 is 3.13 bits per heavy atom. The van der Waals surface area contributed by atoms with Crippen molar-refractivity contribution in [3.8, 4) is 5.75 Å². The minimum absolute atomic E-state index is 0.0340. The third-order valence-corrected chi connectivity index (χ3v) is 5.66. The summed E-state index contributed by atoms with van der Waals surface area (Å²) in [5, 5.41) is 0. The van der Waals surface area contributed by atoms with Crippen LogP contribution in [-0.4, -0.2) is 37.4 Å². The van der Waals surface area contributed by atoms with Crippen LogP contribution in [0.1, 0.15) is 31.7 Å². The van der Waals surface area contributed by atoms with E-state index in [1.165, 1.54) is 6.07 Å². The zero-order chi connectivity index (χ0) is 15.7. The van der Waals surface area contributed by atoms with E-state index < -0.39 is 0 Å². The van der Waals surface area contributed by atoms with Gasteiger partial charge in [-0.1, -0.05) is 6.92 Å². The molecule has 4 heterocycles. The minimum Gasteiger partial charge on any atom is -0.489 e. The molecule has 0 N–H and O–H groups in total. The third-order valence-electron chi connectivity index (χ3n) is 5.66. The average Bonchev–Trinajstić information content (AvgIpc) is 3.22. The Balaban J connectivity index is 1.65. The lowest BCUT2D eigenvalue weighted by Crippen LogP contribution is -2.39. The molecule has 1 aromatic rings. The van der Waals surface area contributed by atoms with Crippen LogP contribution in [0.25, 0.3) is 0 Å². The maximum absolute atomic E-state index is 14.8. The molecular weight excluding hydrogens is 299 g/mol. The molecule has 1 aromatic carbocycles. The van der Waals surface area contributed by atoms with Crippen LogP contribution in [0.5, 0.6) is 5.75 Å². The zero-order valence-corrected chi connectivity index (χ0v) is 13.0. The number of benzene rings is 1. The largest absolute Gasteiger partial charge is 0.489 e. The number of hydrogen-bond donors (Lipinski definition) is 0. The van der Waals surface area contributed by atoms with Crippen molar-refractivity contribution in [1.82, 2.24) is 0 Å². The average molecular weight is 318 g/mol. The zero-order valence-electron chi connectivity index (χ0n) is 13.0. The van der Waals surface area contributed by atoms with Crippen molar-refractivity contribution in [2.75, 3.05) is 23.0 Å². The molecule has 5 rings (SSSR count). The molecule has 0 radical (unpaired) electrons.